The van der Waals surface area contributed by atoms with Crippen LogP contribution < -0.4 is 5.32 Å². The molecule has 0 atom stereocenters. The van der Waals surface area contributed by atoms with Crippen molar-refractivity contribution in [1.29, 1.82) is 0 Å². The van der Waals surface area contributed by atoms with Crippen LogP contribution in [-0.4, -0.2) is 15.9 Å². The van der Waals surface area contributed by atoms with E-state index >= 15 is 0 Å². The normalized spacial score (nSPS) is 10.5. The molecule has 4 heteroatoms. The molecule has 1 amide bonds. The Morgan fingerprint density at radius 2 is 2.05 bits per heavy atom. The van der Waals surface area contributed by atoms with Gasteiger partial charge in [-0.3, -0.25) is 9.78 Å². The van der Waals surface area contributed by atoms with Gasteiger partial charge in [0.2, 0.25) is 0 Å². The molecule has 1 aromatic heterocycles. The predicted molar refractivity (Wildman–Crippen MR) is 75.3 cm³/mol. The molecule has 2 rings (SSSR count). The zero-order chi connectivity index (χ0) is 13.8. The summed E-state index contributed by atoms with van der Waals surface area (Å²) in [7, 11) is 0. The minimum atomic E-state index is -0.232. The summed E-state index contributed by atoms with van der Waals surface area (Å²) in [6.45, 7) is 6.19. The van der Waals surface area contributed by atoms with Gasteiger partial charge in [-0.1, -0.05) is 32.0 Å². The van der Waals surface area contributed by atoms with Gasteiger partial charge in [-0.2, -0.15) is 0 Å². The SMILES string of the molecule is Cc1cccc(C(C)C)c1NC(=O)c1cnccn1. The quantitative estimate of drug-likeness (QED) is 0.916. The number of rotatable bonds is 3. The van der Waals surface area contributed by atoms with Crippen LogP contribution in [0.4, 0.5) is 5.69 Å². The molecule has 0 aliphatic heterocycles. The van der Waals surface area contributed by atoms with Crippen LogP contribution in [0.25, 0.3) is 0 Å². The van der Waals surface area contributed by atoms with Gasteiger partial charge < -0.3 is 5.32 Å². The zero-order valence-corrected chi connectivity index (χ0v) is 11.3. The number of benzene rings is 1. The van der Waals surface area contributed by atoms with E-state index in [9.17, 15) is 4.79 Å². The average molecular weight is 255 g/mol. The predicted octanol–water partition coefficient (Wildman–Crippen LogP) is 3.16. The number of carbonyl (C=O) groups is 1. The first kappa shape index (κ1) is 13.2. The van der Waals surface area contributed by atoms with E-state index in [2.05, 4.69) is 29.1 Å². The van der Waals surface area contributed by atoms with E-state index in [0.29, 0.717) is 11.6 Å². The Kier molecular flexibility index (Phi) is 3.90. The van der Waals surface area contributed by atoms with Gasteiger partial charge in [-0.25, -0.2) is 4.98 Å². The third-order valence-electron chi connectivity index (χ3n) is 2.96. The average Bonchev–Trinajstić information content (AvgIpc) is 2.41. The third-order valence-corrected chi connectivity index (χ3v) is 2.96. The summed E-state index contributed by atoms with van der Waals surface area (Å²) in [5.41, 5.74) is 3.36. The number of para-hydroxylation sites is 1. The van der Waals surface area contributed by atoms with Crippen molar-refractivity contribution in [3.05, 3.63) is 53.6 Å². The highest BCUT2D eigenvalue weighted by atomic mass is 16.1. The van der Waals surface area contributed by atoms with E-state index in [0.717, 1.165) is 16.8 Å². The Morgan fingerprint density at radius 3 is 2.68 bits per heavy atom. The molecule has 0 saturated carbocycles. The minimum absolute atomic E-state index is 0.232. The highest BCUT2D eigenvalue weighted by Crippen LogP contribution is 2.27. The molecular formula is C15H17N3O. The molecule has 4 nitrogen and oxygen atoms in total. The maximum atomic E-state index is 12.1. The van der Waals surface area contributed by atoms with Crippen molar-refractivity contribution in [1.82, 2.24) is 9.97 Å². The summed E-state index contributed by atoms with van der Waals surface area (Å²) in [5.74, 6) is 0.112. The van der Waals surface area contributed by atoms with Crippen molar-refractivity contribution in [3.63, 3.8) is 0 Å². The lowest BCUT2D eigenvalue weighted by Crippen LogP contribution is -2.16. The van der Waals surface area contributed by atoms with Gasteiger partial charge in [-0.15, -0.1) is 0 Å². The molecule has 0 spiro atoms. The number of hydrogen-bond acceptors (Lipinski definition) is 3. The first-order valence-electron chi connectivity index (χ1n) is 6.26. The molecule has 0 aliphatic carbocycles. The van der Waals surface area contributed by atoms with E-state index in [1.54, 1.807) is 6.20 Å². The number of amides is 1. The topological polar surface area (TPSA) is 54.9 Å². The van der Waals surface area contributed by atoms with E-state index in [1.807, 2.05) is 25.1 Å². The summed E-state index contributed by atoms with van der Waals surface area (Å²) in [4.78, 5) is 20.0. The first-order valence-corrected chi connectivity index (χ1v) is 6.26. The summed E-state index contributed by atoms with van der Waals surface area (Å²) in [6, 6.07) is 6.02. The Morgan fingerprint density at radius 1 is 1.26 bits per heavy atom. The standard InChI is InChI=1S/C15H17N3O/c1-10(2)12-6-4-5-11(3)14(12)18-15(19)13-9-16-7-8-17-13/h4-10H,1-3H3,(H,18,19). The number of nitrogens with zero attached hydrogens (tertiary/aromatic N) is 2. The summed E-state index contributed by atoms with van der Waals surface area (Å²) in [5, 5.41) is 2.94. The van der Waals surface area contributed by atoms with Crippen LogP contribution in [0.5, 0.6) is 0 Å². The highest BCUT2D eigenvalue weighted by molar-refractivity contribution is 6.03. The Bertz CT molecular complexity index is 579. The summed E-state index contributed by atoms with van der Waals surface area (Å²) in [6.07, 6.45) is 4.52. The lowest BCUT2D eigenvalue weighted by atomic mass is 9.98. The Hall–Kier alpha value is -2.23. The van der Waals surface area contributed by atoms with Crippen LogP contribution in [0.1, 0.15) is 41.4 Å². The molecule has 0 unspecified atom stereocenters. The second-order valence-corrected chi connectivity index (χ2v) is 4.74. The van der Waals surface area contributed by atoms with Gasteiger partial charge in [0.05, 0.1) is 6.20 Å². The second kappa shape index (κ2) is 5.61. The van der Waals surface area contributed by atoms with Crippen molar-refractivity contribution in [3.8, 4) is 0 Å². The van der Waals surface area contributed by atoms with Crippen molar-refractivity contribution in [2.45, 2.75) is 26.7 Å². The molecule has 0 fully saturated rings. The molecule has 1 heterocycles. The fourth-order valence-electron chi connectivity index (χ4n) is 1.94. The number of aryl methyl sites for hydroxylation is 1. The summed E-state index contributed by atoms with van der Waals surface area (Å²) < 4.78 is 0. The molecule has 19 heavy (non-hydrogen) atoms. The van der Waals surface area contributed by atoms with Gasteiger partial charge in [-0.05, 0) is 24.0 Å². The lowest BCUT2D eigenvalue weighted by Gasteiger charge is -2.16. The maximum absolute atomic E-state index is 12.1. The van der Waals surface area contributed by atoms with Crippen molar-refractivity contribution in [2.24, 2.45) is 0 Å². The van der Waals surface area contributed by atoms with Crippen LogP contribution in [0, 0.1) is 6.92 Å². The van der Waals surface area contributed by atoms with E-state index in [1.165, 1.54) is 12.4 Å². The van der Waals surface area contributed by atoms with Crippen molar-refractivity contribution < 1.29 is 4.79 Å². The molecule has 1 aromatic carbocycles. The Labute approximate surface area is 112 Å². The van der Waals surface area contributed by atoms with E-state index in [-0.39, 0.29) is 5.91 Å². The van der Waals surface area contributed by atoms with Crippen LogP contribution >= 0.6 is 0 Å². The molecular weight excluding hydrogens is 238 g/mol. The monoisotopic (exact) mass is 255 g/mol. The lowest BCUT2D eigenvalue weighted by molar-refractivity contribution is 0.102. The third kappa shape index (κ3) is 2.96. The van der Waals surface area contributed by atoms with Gasteiger partial charge in [0.1, 0.15) is 5.69 Å². The molecule has 1 N–H and O–H groups in total. The Balaban J connectivity index is 2.31. The van der Waals surface area contributed by atoms with Crippen LogP contribution in [-0.2, 0) is 0 Å². The number of hydrogen-bond donors (Lipinski definition) is 1. The summed E-state index contributed by atoms with van der Waals surface area (Å²) >= 11 is 0. The molecule has 0 radical (unpaired) electrons. The van der Waals surface area contributed by atoms with Crippen LogP contribution in [0.3, 0.4) is 0 Å². The number of aromatic nitrogens is 2. The fraction of sp³-hybridized carbons (Fsp3) is 0.267. The second-order valence-electron chi connectivity index (χ2n) is 4.74. The van der Waals surface area contributed by atoms with E-state index in [4.69, 9.17) is 0 Å². The first-order chi connectivity index (χ1) is 9.09. The molecule has 2 aromatic rings. The molecule has 0 aliphatic rings. The van der Waals surface area contributed by atoms with Crippen LogP contribution in [0.15, 0.2) is 36.8 Å². The zero-order valence-electron chi connectivity index (χ0n) is 11.3. The van der Waals surface area contributed by atoms with Crippen LogP contribution in [0.2, 0.25) is 0 Å². The molecule has 0 bridgehead atoms. The molecule has 98 valence electrons. The molecule has 0 saturated heterocycles. The van der Waals surface area contributed by atoms with Gasteiger partial charge >= 0.3 is 0 Å². The minimum Gasteiger partial charge on any atom is -0.320 e. The number of carbonyl (C=O) groups excluding carboxylic acids is 1. The van der Waals surface area contributed by atoms with E-state index < -0.39 is 0 Å². The number of nitrogens with one attached hydrogen (secondary N) is 1. The van der Waals surface area contributed by atoms with Crippen molar-refractivity contribution >= 4 is 11.6 Å². The van der Waals surface area contributed by atoms with Crippen molar-refractivity contribution in [2.75, 3.05) is 5.32 Å². The highest BCUT2D eigenvalue weighted by Gasteiger charge is 2.13. The fourth-order valence-corrected chi connectivity index (χ4v) is 1.94. The number of anilines is 1. The van der Waals surface area contributed by atoms with Gasteiger partial charge in [0, 0.05) is 18.1 Å². The largest absolute Gasteiger partial charge is 0.320 e. The maximum Gasteiger partial charge on any atom is 0.275 e. The van der Waals surface area contributed by atoms with Gasteiger partial charge in [0.15, 0.2) is 0 Å². The van der Waals surface area contributed by atoms with Gasteiger partial charge in [0.25, 0.3) is 5.91 Å². The smallest absolute Gasteiger partial charge is 0.275 e.